The number of hydrogen-bond acceptors (Lipinski definition) is 1. The molecule has 0 bridgehead atoms. The lowest BCUT2D eigenvalue weighted by atomic mass is 9.44. The summed E-state index contributed by atoms with van der Waals surface area (Å²) in [4.78, 5) is 12.1. The van der Waals surface area contributed by atoms with Crippen molar-refractivity contribution in [2.45, 2.75) is 108 Å². The van der Waals surface area contributed by atoms with E-state index in [0.29, 0.717) is 32.2 Å². The van der Waals surface area contributed by atoms with Crippen LogP contribution >= 0.6 is 31.9 Å². The minimum Gasteiger partial charge on any atom is -0.300 e. The molecule has 0 radical (unpaired) electrons. The van der Waals surface area contributed by atoms with Crippen LogP contribution in [0.25, 0.3) is 0 Å². The lowest BCUT2D eigenvalue weighted by molar-refractivity contribution is -0.140. The van der Waals surface area contributed by atoms with Crippen LogP contribution < -0.4 is 0 Å². The minimum absolute atomic E-state index is 0.454. The fraction of sp³-hybridized carbons (Fsp3) is 0.963. The smallest absolute Gasteiger partial charge is 0.133 e. The summed E-state index contributed by atoms with van der Waals surface area (Å²) in [6, 6.07) is 0. The van der Waals surface area contributed by atoms with E-state index in [-0.39, 0.29) is 0 Å². The van der Waals surface area contributed by atoms with Crippen LogP contribution in [0.5, 0.6) is 0 Å². The molecule has 0 N–H and O–H groups in total. The Morgan fingerprint density at radius 2 is 1.67 bits per heavy atom. The van der Waals surface area contributed by atoms with Crippen molar-refractivity contribution in [3.05, 3.63) is 0 Å². The highest BCUT2D eigenvalue weighted by Gasteiger charge is 2.60. The summed E-state index contributed by atoms with van der Waals surface area (Å²) in [6.45, 7) is 10.2. The van der Waals surface area contributed by atoms with Gasteiger partial charge in [-0.2, -0.15) is 0 Å². The van der Waals surface area contributed by atoms with Gasteiger partial charge < -0.3 is 0 Å². The predicted octanol–water partition coefficient (Wildman–Crippen LogP) is 8.77. The zero-order valence-electron chi connectivity index (χ0n) is 19.8. The van der Waals surface area contributed by atoms with Crippen LogP contribution in [0.1, 0.15) is 105 Å². The summed E-state index contributed by atoms with van der Waals surface area (Å²) in [5.41, 5.74) is 1.03. The van der Waals surface area contributed by atoms with E-state index in [1.165, 1.54) is 64.2 Å². The molecule has 4 aliphatic rings. The highest BCUT2D eigenvalue weighted by atomic mass is 79.9. The van der Waals surface area contributed by atoms with Crippen LogP contribution in [0.2, 0.25) is 0 Å². The van der Waals surface area contributed by atoms with Gasteiger partial charge in [-0.15, -0.1) is 0 Å². The minimum atomic E-state index is 0.454. The van der Waals surface area contributed by atoms with Crippen LogP contribution in [0.3, 0.4) is 0 Å². The molecule has 0 heterocycles. The maximum absolute atomic E-state index is 12.1. The van der Waals surface area contributed by atoms with Crippen molar-refractivity contribution in [3.63, 3.8) is 0 Å². The van der Waals surface area contributed by atoms with Gasteiger partial charge >= 0.3 is 0 Å². The van der Waals surface area contributed by atoms with E-state index in [0.717, 1.165) is 42.4 Å². The second-order valence-corrected chi connectivity index (χ2v) is 15.5. The number of halogens is 2. The van der Waals surface area contributed by atoms with Crippen molar-refractivity contribution in [3.8, 4) is 0 Å². The van der Waals surface area contributed by atoms with E-state index in [4.69, 9.17) is 0 Å². The Hall–Kier alpha value is 0.630. The number of fused-ring (bicyclic) bond motifs is 5. The van der Waals surface area contributed by atoms with Gasteiger partial charge in [-0.3, -0.25) is 4.79 Å². The lowest BCUT2D eigenvalue weighted by Gasteiger charge is -2.60. The van der Waals surface area contributed by atoms with Gasteiger partial charge in [0.1, 0.15) is 5.78 Å². The van der Waals surface area contributed by atoms with Crippen LogP contribution in [-0.2, 0) is 4.79 Å². The quantitative estimate of drug-likeness (QED) is 0.306. The van der Waals surface area contributed by atoms with E-state index in [1.54, 1.807) is 0 Å². The topological polar surface area (TPSA) is 17.1 Å². The van der Waals surface area contributed by atoms with Gasteiger partial charge in [-0.05, 0) is 104 Å². The van der Waals surface area contributed by atoms with E-state index in [1.807, 2.05) is 0 Å². The summed E-state index contributed by atoms with van der Waals surface area (Å²) >= 11 is 7.38. The van der Waals surface area contributed by atoms with E-state index in [2.05, 4.69) is 59.6 Å². The van der Waals surface area contributed by atoms with E-state index in [9.17, 15) is 4.79 Å². The Kier molecular flexibility index (Phi) is 7.22. The molecule has 0 aromatic heterocycles. The van der Waals surface area contributed by atoms with Gasteiger partial charge in [0.2, 0.25) is 0 Å². The van der Waals surface area contributed by atoms with Gasteiger partial charge in [0.05, 0.1) is 3.74 Å². The molecular weight excluding hydrogens is 500 g/mol. The normalized spacial score (nSPS) is 45.6. The summed E-state index contributed by atoms with van der Waals surface area (Å²) in [5.74, 6) is 6.53. The number of carbonyl (C=O) groups is 1. The fourth-order valence-electron chi connectivity index (χ4n) is 9.11. The second kappa shape index (κ2) is 9.11. The van der Waals surface area contributed by atoms with Gasteiger partial charge in [0, 0.05) is 12.8 Å². The molecule has 1 nitrogen and oxygen atoms in total. The lowest BCUT2D eigenvalue weighted by Crippen LogP contribution is -2.53. The number of rotatable bonds is 6. The van der Waals surface area contributed by atoms with Gasteiger partial charge in [-0.1, -0.05) is 72.4 Å². The Morgan fingerprint density at radius 3 is 2.40 bits per heavy atom. The van der Waals surface area contributed by atoms with Gasteiger partial charge in [0.25, 0.3) is 0 Å². The van der Waals surface area contributed by atoms with Crippen molar-refractivity contribution >= 4 is 37.6 Å². The molecule has 2 unspecified atom stereocenters. The third-order valence-corrected chi connectivity index (χ3v) is 12.8. The average Bonchev–Trinajstić information content (AvgIpc) is 3.05. The number of alkyl halides is 2. The van der Waals surface area contributed by atoms with Gasteiger partial charge in [0.15, 0.2) is 0 Å². The van der Waals surface area contributed by atoms with Crippen molar-refractivity contribution < 1.29 is 4.79 Å². The number of ketones is 1. The van der Waals surface area contributed by atoms with Crippen molar-refractivity contribution in [2.24, 2.45) is 52.3 Å². The molecule has 4 fully saturated rings. The van der Waals surface area contributed by atoms with E-state index >= 15 is 0 Å². The Bertz CT molecular complexity index is 632. The first-order valence-corrected chi connectivity index (χ1v) is 14.8. The van der Waals surface area contributed by atoms with Crippen LogP contribution in [0, 0.1) is 52.3 Å². The summed E-state index contributed by atoms with van der Waals surface area (Å²) in [7, 11) is 0. The first kappa shape index (κ1) is 23.8. The molecule has 0 spiro atoms. The molecule has 0 saturated heterocycles. The van der Waals surface area contributed by atoms with Crippen LogP contribution in [0.4, 0.5) is 0 Å². The Balaban J connectivity index is 1.42. The predicted molar refractivity (Wildman–Crippen MR) is 134 cm³/mol. The highest BCUT2D eigenvalue weighted by Crippen LogP contribution is 2.68. The average molecular weight is 544 g/mol. The summed E-state index contributed by atoms with van der Waals surface area (Å²) < 4.78 is 0.454. The van der Waals surface area contributed by atoms with Crippen LogP contribution in [-0.4, -0.2) is 9.52 Å². The molecule has 0 aliphatic heterocycles. The molecule has 172 valence electrons. The molecule has 9 atom stereocenters. The Labute approximate surface area is 202 Å². The van der Waals surface area contributed by atoms with Gasteiger partial charge in [-0.25, -0.2) is 0 Å². The molecule has 4 rings (SSSR count). The maximum Gasteiger partial charge on any atom is 0.133 e. The number of hydrogen-bond donors (Lipinski definition) is 0. The molecule has 0 aromatic rings. The third-order valence-electron chi connectivity index (χ3n) is 11.0. The molecule has 0 aromatic carbocycles. The Morgan fingerprint density at radius 1 is 0.933 bits per heavy atom. The molecular formula is C27H44Br2O. The molecule has 30 heavy (non-hydrogen) atoms. The number of Topliss-reactive ketones (excluding diaryl/α,β-unsaturated/α-hetero) is 1. The molecule has 3 heteroatoms. The zero-order valence-corrected chi connectivity index (χ0v) is 22.9. The van der Waals surface area contributed by atoms with E-state index < -0.39 is 0 Å². The van der Waals surface area contributed by atoms with Crippen molar-refractivity contribution in [1.82, 2.24) is 0 Å². The maximum atomic E-state index is 12.1. The fourth-order valence-corrected chi connectivity index (χ4v) is 9.64. The number of carbonyl (C=O) groups excluding carboxylic acids is 1. The highest BCUT2D eigenvalue weighted by molar-refractivity contribution is 9.24. The molecule has 4 saturated carbocycles. The summed E-state index contributed by atoms with van der Waals surface area (Å²) in [6.07, 6.45) is 15.6. The molecule has 0 amide bonds. The zero-order chi connectivity index (χ0) is 21.7. The van der Waals surface area contributed by atoms with Crippen molar-refractivity contribution in [1.29, 1.82) is 0 Å². The van der Waals surface area contributed by atoms with Crippen molar-refractivity contribution in [2.75, 3.05) is 0 Å². The first-order chi connectivity index (χ1) is 14.2. The largest absolute Gasteiger partial charge is 0.300 e. The molecule has 4 aliphatic carbocycles. The monoisotopic (exact) mass is 542 g/mol. The SMILES string of the molecule is CC(CCC[C@@H](C)[C@H]1CC[C@H]2[C@@H]3CCC4CC(=O)CC[C@]4(C)[C@H]3CC[C@]12C)C(Br)Br. The summed E-state index contributed by atoms with van der Waals surface area (Å²) in [5, 5.41) is 0. The standard InChI is InChI=1S/C27H44Br2O/c1-17(6-5-7-18(2)25(28)29)22-10-11-23-21-9-8-19-16-20(30)12-14-26(19,3)24(21)13-15-27(22,23)4/h17-19,21-25H,5-16H2,1-4H3/t17-,18?,19?,21+,22-,23+,24+,26+,27-/m1/s1. The second-order valence-electron chi connectivity index (χ2n) is 12.3. The van der Waals surface area contributed by atoms with Crippen LogP contribution in [0.15, 0.2) is 0 Å². The third kappa shape index (κ3) is 4.14. The first-order valence-electron chi connectivity index (χ1n) is 13.0.